The van der Waals surface area contributed by atoms with E-state index in [0.717, 1.165) is 18.6 Å². The van der Waals surface area contributed by atoms with Gasteiger partial charge in [0, 0.05) is 0 Å². The molecule has 0 aliphatic heterocycles. The quantitative estimate of drug-likeness (QED) is 0.842. The lowest BCUT2D eigenvalue weighted by atomic mass is 9.94. The molecule has 6 heteroatoms. The minimum atomic E-state index is -4.40. The SMILES string of the molecule is CCCC(N)C(=O)NC(c1cccc(C(F)(F)F)c1)C(C)C. The van der Waals surface area contributed by atoms with E-state index in [0.29, 0.717) is 12.0 Å². The average Bonchev–Trinajstić information content (AvgIpc) is 2.43. The molecule has 0 bridgehead atoms. The Hall–Kier alpha value is -1.56. The van der Waals surface area contributed by atoms with Crippen LogP contribution in [0.1, 0.15) is 50.8 Å². The minimum Gasteiger partial charge on any atom is -0.348 e. The number of hydrogen-bond acceptors (Lipinski definition) is 2. The predicted molar refractivity (Wildman–Crippen MR) is 80.0 cm³/mol. The van der Waals surface area contributed by atoms with E-state index in [4.69, 9.17) is 5.73 Å². The van der Waals surface area contributed by atoms with Crippen molar-refractivity contribution in [2.75, 3.05) is 0 Å². The van der Waals surface area contributed by atoms with Crippen molar-refractivity contribution in [1.82, 2.24) is 5.32 Å². The summed E-state index contributed by atoms with van der Waals surface area (Å²) in [5.74, 6) is -0.390. The summed E-state index contributed by atoms with van der Waals surface area (Å²) in [6, 6.07) is 3.90. The molecule has 124 valence electrons. The van der Waals surface area contributed by atoms with Gasteiger partial charge in [0.2, 0.25) is 5.91 Å². The third-order valence-electron chi connectivity index (χ3n) is 3.47. The van der Waals surface area contributed by atoms with Gasteiger partial charge in [0.25, 0.3) is 0 Å². The van der Waals surface area contributed by atoms with Gasteiger partial charge in [-0.15, -0.1) is 0 Å². The Morgan fingerprint density at radius 1 is 1.32 bits per heavy atom. The summed E-state index contributed by atoms with van der Waals surface area (Å²) in [5.41, 5.74) is 5.47. The van der Waals surface area contributed by atoms with Crippen LogP contribution in [0, 0.1) is 5.92 Å². The predicted octanol–water partition coefficient (Wildman–Crippen LogP) is 3.65. The first-order valence-electron chi connectivity index (χ1n) is 7.40. The molecule has 0 saturated carbocycles. The molecule has 0 spiro atoms. The van der Waals surface area contributed by atoms with E-state index in [-0.39, 0.29) is 11.8 Å². The Bertz CT molecular complexity index is 500. The molecule has 1 aromatic carbocycles. The Morgan fingerprint density at radius 2 is 1.95 bits per heavy atom. The van der Waals surface area contributed by atoms with Crippen molar-refractivity contribution in [3.05, 3.63) is 35.4 Å². The van der Waals surface area contributed by atoms with Crippen molar-refractivity contribution < 1.29 is 18.0 Å². The molecule has 0 aliphatic carbocycles. The first kappa shape index (κ1) is 18.5. The maximum atomic E-state index is 12.8. The van der Waals surface area contributed by atoms with Crippen molar-refractivity contribution in [1.29, 1.82) is 0 Å². The fraction of sp³-hybridized carbons (Fsp3) is 0.562. The van der Waals surface area contributed by atoms with Crippen molar-refractivity contribution in [2.24, 2.45) is 11.7 Å². The highest BCUT2D eigenvalue weighted by atomic mass is 19.4. The van der Waals surface area contributed by atoms with Crippen molar-refractivity contribution in [3.8, 4) is 0 Å². The number of carbonyl (C=O) groups excluding carboxylic acids is 1. The van der Waals surface area contributed by atoms with Gasteiger partial charge in [-0.25, -0.2) is 0 Å². The van der Waals surface area contributed by atoms with E-state index in [1.54, 1.807) is 6.07 Å². The van der Waals surface area contributed by atoms with Gasteiger partial charge in [0.1, 0.15) is 0 Å². The number of nitrogens with two attached hydrogens (primary N) is 1. The average molecular weight is 316 g/mol. The summed E-state index contributed by atoms with van der Waals surface area (Å²) in [5, 5.41) is 2.76. The lowest BCUT2D eigenvalue weighted by Gasteiger charge is -2.25. The minimum absolute atomic E-state index is 0.0544. The van der Waals surface area contributed by atoms with Crippen molar-refractivity contribution in [2.45, 2.75) is 51.9 Å². The molecule has 0 aromatic heterocycles. The Morgan fingerprint density at radius 3 is 2.45 bits per heavy atom. The molecular weight excluding hydrogens is 293 g/mol. The van der Waals surface area contributed by atoms with E-state index in [1.807, 2.05) is 20.8 Å². The van der Waals surface area contributed by atoms with Gasteiger partial charge in [0.05, 0.1) is 17.6 Å². The Labute approximate surface area is 129 Å². The molecule has 0 saturated heterocycles. The normalized spacial score (nSPS) is 14.7. The highest BCUT2D eigenvalue weighted by Gasteiger charge is 2.31. The summed E-state index contributed by atoms with van der Waals surface area (Å²) in [7, 11) is 0. The molecule has 3 nitrogen and oxygen atoms in total. The number of alkyl halides is 3. The molecule has 0 fully saturated rings. The van der Waals surface area contributed by atoms with Crippen LogP contribution >= 0.6 is 0 Å². The van der Waals surface area contributed by atoms with Gasteiger partial charge in [-0.05, 0) is 30.0 Å². The summed E-state index contributed by atoms with van der Waals surface area (Å²) in [6.07, 6.45) is -3.09. The first-order chi connectivity index (χ1) is 10.2. The summed E-state index contributed by atoms with van der Waals surface area (Å²) >= 11 is 0. The molecule has 3 N–H and O–H groups in total. The lowest BCUT2D eigenvalue weighted by Crippen LogP contribution is -2.43. The Balaban J connectivity index is 2.99. The maximum Gasteiger partial charge on any atom is 0.416 e. The third-order valence-corrected chi connectivity index (χ3v) is 3.47. The van der Waals surface area contributed by atoms with E-state index in [9.17, 15) is 18.0 Å². The largest absolute Gasteiger partial charge is 0.416 e. The zero-order valence-electron chi connectivity index (χ0n) is 13.1. The fourth-order valence-electron chi connectivity index (χ4n) is 2.25. The number of halogens is 3. The molecule has 0 aliphatic rings. The molecular formula is C16H23F3N2O. The molecule has 1 aromatic rings. The first-order valence-corrected chi connectivity index (χ1v) is 7.40. The van der Waals surface area contributed by atoms with E-state index >= 15 is 0 Å². The highest BCUT2D eigenvalue weighted by Crippen LogP contribution is 2.32. The van der Waals surface area contributed by atoms with Crippen LogP contribution in [0.4, 0.5) is 13.2 Å². The smallest absolute Gasteiger partial charge is 0.348 e. The van der Waals surface area contributed by atoms with Crippen LogP contribution in [-0.4, -0.2) is 11.9 Å². The highest BCUT2D eigenvalue weighted by molar-refractivity contribution is 5.81. The summed E-state index contributed by atoms with van der Waals surface area (Å²) < 4.78 is 38.4. The number of nitrogens with one attached hydrogen (secondary N) is 1. The van der Waals surface area contributed by atoms with Gasteiger partial charge in [0.15, 0.2) is 0 Å². The fourth-order valence-corrected chi connectivity index (χ4v) is 2.25. The molecule has 2 unspecified atom stereocenters. The second-order valence-electron chi connectivity index (χ2n) is 5.75. The molecule has 2 atom stereocenters. The summed E-state index contributed by atoms with van der Waals surface area (Å²) in [4.78, 5) is 12.0. The molecule has 1 amide bonds. The number of hydrogen-bond donors (Lipinski definition) is 2. The molecule has 1 rings (SSSR count). The number of benzene rings is 1. The van der Waals surface area contributed by atoms with Crippen LogP contribution in [0.2, 0.25) is 0 Å². The standard InChI is InChI=1S/C16H23F3N2O/c1-4-6-13(20)15(22)21-14(10(2)3)11-7-5-8-12(9-11)16(17,18)19/h5,7-10,13-14H,4,6,20H2,1-3H3,(H,21,22). The van der Waals surface area contributed by atoms with Crippen LogP contribution < -0.4 is 11.1 Å². The molecule has 0 heterocycles. The van der Waals surface area contributed by atoms with Gasteiger partial charge < -0.3 is 11.1 Å². The van der Waals surface area contributed by atoms with Crippen LogP contribution in [-0.2, 0) is 11.0 Å². The number of amides is 1. The molecule has 22 heavy (non-hydrogen) atoms. The maximum absolute atomic E-state index is 12.8. The second-order valence-corrected chi connectivity index (χ2v) is 5.75. The number of rotatable bonds is 6. The second kappa shape index (κ2) is 7.63. The topological polar surface area (TPSA) is 55.1 Å². The van der Waals surface area contributed by atoms with E-state index in [2.05, 4.69) is 5.32 Å². The third kappa shape index (κ3) is 5.02. The Kier molecular flexibility index (Phi) is 6.41. The van der Waals surface area contributed by atoms with Gasteiger partial charge in [-0.1, -0.05) is 39.3 Å². The van der Waals surface area contributed by atoms with Crippen LogP contribution in [0.3, 0.4) is 0 Å². The van der Waals surface area contributed by atoms with Gasteiger partial charge >= 0.3 is 6.18 Å². The van der Waals surface area contributed by atoms with E-state index in [1.165, 1.54) is 6.07 Å². The zero-order chi connectivity index (χ0) is 16.9. The van der Waals surface area contributed by atoms with Gasteiger partial charge in [-0.2, -0.15) is 13.2 Å². The van der Waals surface area contributed by atoms with Crippen LogP contribution in [0.5, 0.6) is 0 Å². The lowest BCUT2D eigenvalue weighted by molar-refractivity contribution is -0.137. The van der Waals surface area contributed by atoms with E-state index < -0.39 is 23.8 Å². The number of carbonyl (C=O) groups is 1. The summed E-state index contributed by atoms with van der Waals surface area (Å²) in [6.45, 7) is 5.60. The monoisotopic (exact) mass is 316 g/mol. The van der Waals surface area contributed by atoms with Crippen molar-refractivity contribution in [3.63, 3.8) is 0 Å². The zero-order valence-corrected chi connectivity index (χ0v) is 13.1. The van der Waals surface area contributed by atoms with Crippen molar-refractivity contribution >= 4 is 5.91 Å². The van der Waals surface area contributed by atoms with Crippen LogP contribution in [0.15, 0.2) is 24.3 Å². The van der Waals surface area contributed by atoms with Crippen LogP contribution in [0.25, 0.3) is 0 Å². The molecule has 0 radical (unpaired) electrons. The van der Waals surface area contributed by atoms with Gasteiger partial charge in [-0.3, -0.25) is 4.79 Å².